The molecule has 3 rings (SSSR count). The van der Waals surface area contributed by atoms with Crippen molar-refractivity contribution in [3.8, 4) is 17.4 Å². The third-order valence-electron chi connectivity index (χ3n) is 2.84. The zero-order valence-corrected chi connectivity index (χ0v) is 10.8. The van der Waals surface area contributed by atoms with Gasteiger partial charge in [0.05, 0.1) is 12.7 Å². The molecular weight excluding hydrogens is 260 g/mol. The van der Waals surface area contributed by atoms with Gasteiger partial charge in [-0.15, -0.1) is 0 Å². The van der Waals surface area contributed by atoms with Crippen LogP contribution in [0, 0.1) is 0 Å². The summed E-state index contributed by atoms with van der Waals surface area (Å²) in [4.78, 5) is 16.0. The topological polar surface area (TPSA) is 69.7 Å². The van der Waals surface area contributed by atoms with Crippen molar-refractivity contribution in [1.29, 1.82) is 0 Å². The zero-order chi connectivity index (χ0) is 13.9. The molecule has 0 saturated carbocycles. The molecular formula is C14H12N2O4. The smallest absolute Gasteiger partial charge is 0.257 e. The highest BCUT2D eigenvalue weighted by Crippen LogP contribution is 2.34. The van der Waals surface area contributed by atoms with Gasteiger partial charge in [-0.1, -0.05) is 0 Å². The average Bonchev–Trinajstić information content (AvgIpc) is 2.95. The number of fused-ring (bicyclic) bond motifs is 1. The van der Waals surface area contributed by atoms with E-state index >= 15 is 0 Å². The Bertz CT molecular complexity index is 640. The molecule has 20 heavy (non-hydrogen) atoms. The van der Waals surface area contributed by atoms with Crippen LogP contribution in [0.15, 0.2) is 36.5 Å². The fraction of sp³-hybridized carbons (Fsp3) is 0.143. The van der Waals surface area contributed by atoms with Crippen LogP contribution in [0.1, 0.15) is 10.4 Å². The Labute approximate surface area is 115 Å². The largest absolute Gasteiger partial charge is 0.481 e. The van der Waals surface area contributed by atoms with Crippen LogP contribution in [0.2, 0.25) is 0 Å². The lowest BCUT2D eigenvalue weighted by Gasteiger charge is -2.06. The summed E-state index contributed by atoms with van der Waals surface area (Å²) in [6.45, 7) is 0.204. The first-order valence-electron chi connectivity index (χ1n) is 5.97. The van der Waals surface area contributed by atoms with Crippen molar-refractivity contribution in [3.05, 3.63) is 42.1 Å². The fourth-order valence-corrected chi connectivity index (χ4v) is 1.81. The highest BCUT2D eigenvalue weighted by atomic mass is 16.7. The summed E-state index contributed by atoms with van der Waals surface area (Å²) in [7, 11) is 1.52. The maximum Gasteiger partial charge on any atom is 0.257 e. The molecule has 0 fully saturated rings. The van der Waals surface area contributed by atoms with Crippen LogP contribution in [0.4, 0.5) is 5.69 Å². The van der Waals surface area contributed by atoms with E-state index in [-0.39, 0.29) is 12.7 Å². The van der Waals surface area contributed by atoms with E-state index < -0.39 is 0 Å². The number of methoxy groups -OCH3 is 1. The minimum absolute atomic E-state index is 0.204. The van der Waals surface area contributed by atoms with Crippen molar-refractivity contribution >= 4 is 11.6 Å². The summed E-state index contributed by atoms with van der Waals surface area (Å²) < 4.78 is 15.4. The minimum atomic E-state index is -0.251. The number of nitrogens with zero attached hydrogens (tertiary/aromatic N) is 1. The molecule has 1 amide bonds. The maximum absolute atomic E-state index is 12.0. The number of anilines is 1. The lowest BCUT2D eigenvalue weighted by molar-refractivity contribution is 0.102. The van der Waals surface area contributed by atoms with E-state index in [1.807, 2.05) is 0 Å². The Hall–Kier alpha value is -2.76. The highest BCUT2D eigenvalue weighted by Gasteiger charge is 2.14. The molecule has 6 heteroatoms. The summed E-state index contributed by atoms with van der Waals surface area (Å²) in [5.41, 5.74) is 1.08. The van der Waals surface area contributed by atoms with Gasteiger partial charge in [-0.3, -0.25) is 4.79 Å². The van der Waals surface area contributed by atoms with Crippen molar-refractivity contribution in [2.75, 3.05) is 19.2 Å². The first-order valence-corrected chi connectivity index (χ1v) is 5.97. The highest BCUT2D eigenvalue weighted by molar-refractivity contribution is 6.04. The Morgan fingerprint density at radius 2 is 2.10 bits per heavy atom. The van der Waals surface area contributed by atoms with Crippen LogP contribution in [-0.2, 0) is 0 Å². The maximum atomic E-state index is 12.0. The Morgan fingerprint density at radius 3 is 2.85 bits per heavy atom. The quantitative estimate of drug-likeness (QED) is 0.926. The summed E-state index contributed by atoms with van der Waals surface area (Å²) in [5, 5.41) is 2.77. The lowest BCUT2D eigenvalue weighted by atomic mass is 10.2. The number of carbonyl (C=O) groups is 1. The minimum Gasteiger partial charge on any atom is -0.481 e. The standard InChI is InChI=1S/C14H12N2O4/c1-18-13-5-2-9(7-15-13)14(17)16-10-3-4-11-12(6-10)20-8-19-11/h2-7H,8H2,1H3,(H,16,17). The predicted octanol–water partition coefficient (Wildman–Crippen LogP) is 2.07. The van der Waals surface area contributed by atoms with E-state index in [9.17, 15) is 4.79 Å². The molecule has 2 aromatic rings. The van der Waals surface area contributed by atoms with Crippen LogP contribution < -0.4 is 19.5 Å². The molecule has 0 aliphatic carbocycles. The van der Waals surface area contributed by atoms with Crippen molar-refractivity contribution in [3.63, 3.8) is 0 Å². The van der Waals surface area contributed by atoms with Gasteiger partial charge < -0.3 is 19.5 Å². The summed E-state index contributed by atoms with van der Waals surface area (Å²) in [6.07, 6.45) is 1.46. The van der Waals surface area contributed by atoms with Gasteiger partial charge in [0, 0.05) is 24.0 Å². The summed E-state index contributed by atoms with van der Waals surface area (Å²) in [5.74, 6) is 1.51. The van der Waals surface area contributed by atoms with Gasteiger partial charge in [0.1, 0.15) is 0 Å². The van der Waals surface area contributed by atoms with Gasteiger partial charge >= 0.3 is 0 Å². The Kier molecular flexibility index (Phi) is 3.12. The molecule has 1 aliphatic rings. The molecule has 1 aliphatic heterocycles. The van der Waals surface area contributed by atoms with Crippen LogP contribution in [0.3, 0.4) is 0 Å². The van der Waals surface area contributed by atoms with E-state index in [1.165, 1.54) is 13.3 Å². The SMILES string of the molecule is COc1ccc(C(=O)Nc2ccc3c(c2)OCO3)cn1. The van der Waals surface area contributed by atoms with Gasteiger partial charge in [-0.05, 0) is 18.2 Å². The normalized spacial score (nSPS) is 12.1. The molecule has 1 aromatic carbocycles. The molecule has 102 valence electrons. The third-order valence-corrected chi connectivity index (χ3v) is 2.84. The number of amides is 1. The number of pyridine rings is 1. The molecule has 0 bridgehead atoms. The molecule has 0 spiro atoms. The van der Waals surface area contributed by atoms with Crippen molar-refractivity contribution < 1.29 is 19.0 Å². The van der Waals surface area contributed by atoms with Gasteiger partial charge in [0.2, 0.25) is 12.7 Å². The van der Waals surface area contributed by atoms with Gasteiger partial charge in [0.15, 0.2) is 11.5 Å². The van der Waals surface area contributed by atoms with E-state index in [0.717, 1.165) is 0 Å². The number of ether oxygens (including phenoxy) is 3. The molecule has 0 atom stereocenters. The van der Waals surface area contributed by atoms with Crippen LogP contribution in [0.25, 0.3) is 0 Å². The number of carbonyl (C=O) groups excluding carboxylic acids is 1. The fourth-order valence-electron chi connectivity index (χ4n) is 1.81. The van der Waals surface area contributed by atoms with Gasteiger partial charge in [-0.25, -0.2) is 4.98 Å². The Balaban J connectivity index is 1.75. The Morgan fingerprint density at radius 1 is 1.25 bits per heavy atom. The van der Waals surface area contributed by atoms with Crippen molar-refractivity contribution in [2.45, 2.75) is 0 Å². The van der Waals surface area contributed by atoms with Crippen LogP contribution in [0.5, 0.6) is 17.4 Å². The molecule has 0 radical (unpaired) electrons. The summed E-state index contributed by atoms with van der Waals surface area (Å²) in [6, 6.07) is 8.51. The molecule has 1 aromatic heterocycles. The summed E-state index contributed by atoms with van der Waals surface area (Å²) >= 11 is 0. The van der Waals surface area contributed by atoms with Crippen molar-refractivity contribution in [1.82, 2.24) is 4.98 Å². The van der Waals surface area contributed by atoms with E-state index in [0.29, 0.717) is 28.6 Å². The molecule has 0 saturated heterocycles. The number of benzene rings is 1. The first kappa shape index (κ1) is 12.3. The number of hydrogen-bond donors (Lipinski definition) is 1. The first-order chi connectivity index (χ1) is 9.76. The molecule has 0 unspecified atom stereocenters. The van der Waals surface area contributed by atoms with Gasteiger partial charge in [0.25, 0.3) is 5.91 Å². The monoisotopic (exact) mass is 272 g/mol. The second-order valence-corrected chi connectivity index (χ2v) is 4.11. The second-order valence-electron chi connectivity index (χ2n) is 4.11. The van der Waals surface area contributed by atoms with Crippen LogP contribution in [-0.4, -0.2) is 24.8 Å². The van der Waals surface area contributed by atoms with E-state index in [1.54, 1.807) is 30.3 Å². The number of hydrogen-bond acceptors (Lipinski definition) is 5. The molecule has 2 heterocycles. The number of rotatable bonds is 3. The average molecular weight is 272 g/mol. The number of nitrogens with one attached hydrogen (secondary N) is 1. The van der Waals surface area contributed by atoms with Crippen LogP contribution >= 0.6 is 0 Å². The molecule has 1 N–H and O–H groups in total. The molecule has 6 nitrogen and oxygen atoms in total. The van der Waals surface area contributed by atoms with Gasteiger partial charge in [-0.2, -0.15) is 0 Å². The van der Waals surface area contributed by atoms with E-state index in [2.05, 4.69) is 10.3 Å². The third kappa shape index (κ3) is 2.35. The predicted molar refractivity (Wildman–Crippen MR) is 71.3 cm³/mol. The lowest BCUT2D eigenvalue weighted by Crippen LogP contribution is -2.12. The number of aromatic nitrogens is 1. The van der Waals surface area contributed by atoms with E-state index in [4.69, 9.17) is 14.2 Å². The second kappa shape index (κ2) is 5.08. The van der Waals surface area contributed by atoms with Crippen molar-refractivity contribution in [2.24, 2.45) is 0 Å². The zero-order valence-electron chi connectivity index (χ0n) is 10.8.